The molecule has 0 bridgehead atoms. The van der Waals surface area contributed by atoms with Gasteiger partial charge in [0.25, 0.3) is 0 Å². The molecule has 0 spiro atoms. The Labute approximate surface area is 130 Å². The number of aliphatic hydroxyl groups is 5. The predicted octanol–water partition coefficient (Wildman–Crippen LogP) is -3.62. The number of carbonyl (C=O) groups is 3. The molecule has 134 valence electrons. The van der Waals surface area contributed by atoms with Crippen LogP contribution in [-0.4, -0.2) is 92.8 Å². The summed E-state index contributed by atoms with van der Waals surface area (Å²) in [4.78, 5) is 33.9. The molecule has 0 aliphatic carbocycles. The average molecular weight is 340 g/mol. The Kier molecular flexibility index (Phi) is 9.29. The molecule has 6 N–H and O–H groups in total. The highest BCUT2D eigenvalue weighted by molar-refractivity contribution is 5.89. The van der Waals surface area contributed by atoms with E-state index in [1.165, 1.54) is 0 Å². The highest BCUT2D eigenvalue weighted by Crippen LogP contribution is 2.18. The Hall–Kier alpha value is -1.79. The minimum Gasteiger partial charge on any atom is -0.479 e. The standard InChI is InChI=1S/C12H20O11/c13-3-7(15)5-22-9(17)1-12(21,11(19)20)2-10(18)23-6-8(16)4-14/h7-8,13-16,21H,1-6H2,(H,19,20). The van der Waals surface area contributed by atoms with Gasteiger partial charge in [-0.3, -0.25) is 9.59 Å². The van der Waals surface area contributed by atoms with Crippen LogP contribution in [0.4, 0.5) is 0 Å². The molecule has 0 aromatic carbocycles. The van der Waals surface area contributed by atoms with Crippen LogP contribution >= 0.6 is 0 Å². The molecule has 0 aromatic rings. The van der Waals surface area contributed by atoms with Crippen LogP contribution in [0.1, 0.15) is 12.8 Å². The summed E-state index contributed by atoms with van der Waals surface area (Å²) < 4.78 is 8.88. The van der Waals surface area contributed by atoms with Crippen LogP contribution in [0.25, 0.3) is 0 Å². The summed E-state index contributed by atoms with van der Waals surface area (Å²) in [5, 5.41) is 53.8. The molecule has 11 heteroatoms. The van der Waals surface area contributed by atoms with Gasteiger partial charge in [0.05, 0.1) is 26.1 Å². The molecule has 0 radical (unpaired) electrons. The van der Waals surface area contributed by atoms with E-state index in [1.54, 1.807) is 0 Å². The number of aliphatic carboxylic acids is 1. The fourth-order valence-corrected chi connectivity index (χ4v) is 1.28. The molecular weight excluding hydrogens is 320 g/mol. The number of hydrogen-bond acceptors (Lipinski definition) is 10. The van der Waals surface area contributed by atoms with E-state index >= 15 is 0 Å². The topological polar surface area (TPSA) is 191 Å². The third-order valence-electron chi connectivity index (χ3n) is 2.57. The first kappa shape index (κ1) is 21.2. The lowest BCUT2D eigenvalue weighted by Gasteiger charge is -2.22. The summed E-state index contributed by atoms with van der Waals surface area (Å²) in [7, 11) is 0. The van der Waals surface area contributed by atoms with Crippen molar-refractivity contribution in [3.63, 3.8) is 0 Å². The number of hydrogen-bond donors (Lipinski definition) is 6. The molecule has 0 saturated carbocycles. The van der Waals surface area contributed by atoms with Gasteiger partial charge in [0, 0.05) is 0 Å². The van der Waals surface area contributed by atoms with Crippen LogP contribution < -0.4 is 0 Å². The molecule has 0 heterocycles. The van der Waals surface area contributed by atoms with Gasteiger partial charge in [0.15, 0.2) is 5.60 Å². The van der Waals surface area contributed by atoms with Gasteiger partial charge < -0.3 is 40.1 Å². The van der Waals surface area contributed by atoms with E-state index in [-0.39, 0.29) is 0 Å². The third-order valence-corrected chi connectivity index (χ3v) is 2.57. The minimum atomic E-state index is -2.80. The molecule has 23 heavy (non-hydrogen) atoms. The van der Waals surface area contributed by atoms with Crippen LogP contribution in [0.2, 0.25) is 0 Å². The molecule has 0 aliphatic rings. The predicted molar refractivity (Wildman–Crippen MR) is 69.9 cm³/mol. The quantitative estimate of drug-likeness (QED) is 0.203. The Bertz CT molecular complexity index is 380. The first-order valence-corrected chi connectivity index (χ1v) is 6.49. The first-order valence-electron chi connectivity index (χ1n) is 6.49. The lowest BCUT2D eigenvalue weighted by Crippen LogP contribution is -2.44. The average Bonchev–Trinajstić information content (AvgIpc) is 2.49. The van der Waals surface area contributed by atoms with Gasteiger partial charge in [-0.25, -0.2) is 4.79 Å². The van der Waals surface area contributed by atoms with E-state index < -0.39 is 75.0 Å². The van der Waals surface area contributed by atoms with E-state index in [0.29, 0.717) is 0 Å². The van der Waals surface area contributed by atoms with E-state index in [4.69, 9.17) is 25.5 Å². The fraction of sp³-hybridized carbons (Fsp3) is 0.750. The monoisotopic (exact) mass is 340 g/mol. The van der Waals surface area contributed by atoms with Gasteiger partial charge in [0.2, 0.25) is 0 Å². The van der Waals surface area contributed by atoms with Gasteiger partial charge in [0.1, 0.15) is 25.4 Å². The second-order valence-electron chi connectivity index (χ2n) is 4.73. The molecule has 0 fully saturated rings. The van der Waals surface area contributed by atoms with Gasteiger partial charge in [-0.15, -0.1) is 0 Å². The first-order chi connectivity index (χ1) is 10.6. The summed E-state index contributed by atoms with van der Waals surface area (Å²) in [5.41, 5.74) is -2.80. The van der Waals surface area contributed by atoms with Gasteiger partial charge >= 0.3 is 17.9 Å². The van der Waals surface area contributed by atoms with Crippen LogP contribution in [0.5, 0.6) is 0 Å². The molecule has 0 aromatic heterocycles. The zero-order valence-corrected chi connectivity index (χ0v) is 12.1. The number of aliphatic hydroxyl groups excluding tert-OH is 4. The summed E-state index contributed by atoms with van der Waals surface area (Å²) in [6.45, 7) is -2.59. The van der Waals surface area contributed by atoms with Gasteiger partial charge in [-0.05, 0) is 0 Å². The number of carbonyl (C=O) groups excluding carboxylic acids is 2. The second kappa shape index (κ2) is 10.1. The van der Waals surface area contributed by atoms with Crippen molar-refractivity contribution in [3.8, 4) is 0 Å². The van der Waals surface area contributed by atoms with Gasteiger partial charge in [-0.2, -0.15) is 0 Å². The zero-order chi connectivity index (χ0) is 18.0. The Morgan fingerprint density at radius 2 is 1.22 bits per heavy atom. The van der Waals surface area contributed by atoms with E-state index in [0.717, 1.165) is 0 Å². The van der Waals surface area contributed by atoms with E-state index in [9.17, 15) is 19.5 Å². The zero-order valence-electron chi connectivity index (χ0n) is 12.1. The lowest BCUT2D eigenvalue weighted by atomic mass is 9.96. The lowest BCUT2D eigenvalue weighted by molar-refractivity contribution is -0.175. The molecule has 0 rings (SSSR count). The Morgan fingerprint density at radius 1 is 0.870 bits per heavy atom. The molecule has 0 amide bonds. The van der Waals surface area contributed by atoms with Crippen molar-refractivity contribution in [2.45, 2.75) is 30.7 Å². The van der Waals surface area contributed by atoms with Crippen LogP contribution in [0.15, 0.2) is 0 Å². The van der Waals surface area contributed by atoms with Crippen LogP contribution in [0.3, 0.4) is 0 Å². The minimum absolute atomic E-state index is 0.613. The maximum atomic E-state index is 11.4. The molecule has 0 aliphatic heterocycles. The van der Waals surface area contributed by atoms with E-state index in [1.807, 2.05) is 0 Å². The normalized spacial score (nSPS) is 16.0. The Morgan fingerprint density at radius 3 is 1.48 bits per heavy atom. The Balaban J connectivity index is 4.58. The SMILES string of the molecule is O=C(CC(O)(CC(=O)OCC(O)CO)C(=O)O)OCC(O)CO. The van der Waals surface area contributed by atoms with Crippen LogP contribution in [-0.2, 0) is 23.9 Å². The molecule has 0 saturated heterocycles. The van der Waals surface area contributed by atoms with E-state index in [2.05, 4.69) is 9.47 Å². The van der Waals surface area contributed by atoms with Crippen molar-refractivity contribution in [2.24, 2.45) is 0 Å². The largest absolute Gasteiger partial charge is 0.479 e. The number of ether oxygens (including phenoxy) is 2. The summed E-state index contributed by atoms with van der Waals surface area (Å²) in [6, 6.07) is 0. The maximum Gasteiger partial charge on any atom is 0.336 e. The number of carboxylic acid groups (broad SMARTS) is 1. The summed E-state index contributed by atoms with van der Waals surface area (Å²) in [6.07, 6.45) is -4.92. The van der Waals surface area contributed by atoms with Crippen molar-refractivity contribution in [2.75, 3.05) is 26.4 Å². The molecule has 11 nitrogen and oxygen atoms in total. The third kappa shape index (κ3) is 8.42. The molecule has 2 unspecified atom stereocenters. The number of esters is 2. The fourth-order valence-electron chi connectivity index (χ4n) is 1.28. The molecular formula is C12H20O11. The van der Waals surface area contributed by atoms with Crippen molar-refractivity contribution in [1.82, 2.24) is 0 Å². The van der Waals surface area contributed by atoms with Crippen molar-refractivity contribution in [3.05, 3.63) is 0 Å². The highest BCUT2D eigenvalue weighted by atomic mass is 16.6. The summed E-state index contributed by atoms with van der Waals surface area (Å²) in [5.74, 6) is -4.31. The smallest absolute Gasteiger partial charge is 0.336 e. The van der Waals surface area contributed by atoms with Crippen molar-refractivity contribution >= 4 is 17.9 Å². The van der Waals surface area contributed by atoms with Crippen molar-refractivity contribution in [1.29, 1.82) is 0 Å². The van der Waals surface area contributed by atoms with Gasteiger partial charge in [-0.1, -0.05) is 0 Å². The highest BCUT2D eigenvalue weighted by Gasteiger charge is 2.42. The van der Waals surface area contributed by atoms with Crippen LogP contribution in [0, 0.1) is 0 Å². The maximum absolute atomic E-state index is 11.4. The molecule has 2 atom stereocenters. The summed E-state index contributed by atoms with van der Waals surface area (Å²) >= 11 is 0. The second-order valence-corrected chi connectivity index (χ2v) is 4.73. The van der Waals surface area contributed by atoms with Crippen molar-refractivity contribution < 1.29 is 54.5 Å². The number of rotatable bonds is 11. The number of carboxylic acids is 1.